The van der Waals surface area contributed by atoms with Crippen LogP contribution in [0.25, 0.3) is 0 Å². The van der Waals surface area contributed by atoms with Crippen LogP contribution < -0.4 is 5.73 Å². The fraction of sp³-hybridized carbons (Fsp3) is 0.429. The number of rotatable bonds is 3. The van der Waals surface area contributed by atoms with E-state index in [4.69, 9.17) is 10.8 Å². The van der Waals surface area contributed by atoms with Crippen LogP contribution >= 0.6 is 0 Å². The van der Waals surface area contributed by atoms with E-state index in [0.29, 0.717) is 25.2 Å². The second-order valence-corrected chi connectivity index (χ2v) is 5.14. The lowest BCUT2D eigenvalue weighted by Gasteiger charge is -2.15. The first-order valence-electron chi connectivity index (χ1n) is 6.32. The first-order chi connectivity index (χ1) is 8.97. The summed E-state index contributed by atoms with van der Waals surface area (Å²) >= 11 is 0. The number of nitrogens with zero attached hydrogens (tertiary/aromatic N) is 1. The van der Waals surface area contributed by atoms with Gasteiger partial charge in [-0.25, -0.2) is 0 Å². The van der Waals surface area contributed by atoms with Gasteiger partial charge in [-0.15, -0.1) is 0 Å². The average Bonchev–Trinajstić information content (AvgIpc) is 2.74. The molecule has 2 unspecified atom stereocenters. The molecule has 1 aliphatic heterocycles. The van der Waals surface area contributed by atoms with Gasteiger partial charge in [0.05, 0.1) is 12.3 Å². The lowest BCUT2D eigenvalue weighted by molar-refractivity contribution is -0.142. The zero-order valence-corrected chi connectivity index (χ0v) is 10.9. The molecule has 102 valence electrons. The quantitative estimate of drug-likeness (QED) is 0.796. The molecule has 0 bridgehead atoms. The van der Waals surface area contributed by atoms with Gasteiger partial charge in [0.2, 0.25) is 5.91 Å². The lowest BCUT2D eigenvalue weighted by atomic mass is 9.99. The summed E-state index contributed by atoms with van der Waals surface area (Å²) in [5, 5.41) is 9.05. The molecular formula is C14H18N2O3. The van der Waals surface area contributed by atoms with Crippen LogP contribution in [0.2, 0.25) is 0 Å². The summed E-state index contributed by atoms with van der Waals surface area (Å²) in [7, 11) is 0. The number of carboxylic acids is 1. The Morgan fingerprint density at radius 1 is 1.32 bits per heavy atom. The van der Waals surface area contributed by atoms with Crippen molar-refractivity contribution >= 4 is 17.6 Å². The third-order valence-electron chi connectivity index (χ3n) is 3.62. The summed E-state index contributed by atoms with van der Waals surface area (Å²) in [5.74, 6) is -1.29. The van der Waals surface area contributed by atoms with Gasteiger partial charge in [0.1, 0.15) is 0 Å². The van der Waals surface area contributed by atoms with Crippen LogP contribution in [0.3, 0.4) is 0 Å². The van der Waals surface area contributed by atoms with Crippen molar-refractivity contribution in [2.24, 2.45) is 11.8 Å². The molecule has 0 aromatic heterocycles. The van der Waals surface area contributed by atoms with E-state index in [1.807, 2.05) is 19.1 Å². The summed E-state index contributed by atoms with van der Waals surface area (Å²) in [6.45, 7) is 2.70. The van der Waals surface area contributed by atoms with Crippen molar-refractivity contribution in [3.05, 3.63) is 29.8 Å². The zero-order chi connectivity index (χ0) is 14.0. The Balaban J connectivity index is 1.98. The fourth-order valence-corrected chi connectivity index (χ4v) is 2.41. The number of amides is 1. The number of nitrogen functional groups attached to an aromatic ring is 1. The molecule has 19 heavy (non-hydrogen) atoms. The molecule has 1 aromatic rings. The Kier molecular flexibility index (Phi) is 3.74. The second kappa shape index (κ2) is 5.30. The number of benzene rings is 1. The number of nitrogens with two attached hydrogens (primary N) is 1. The molecule has 0 aliphatic carbocycles. The molecule has 2 rings (SSSR count). The van der Waals surface area contributed by atoms with Crippen LogP contribution in [-0.2, 0) is 16.0 Å². The summed E-state index contributed by atoms with van der Waals surface area (Å²) in [6.07, 6.45) is 0.291. The van der Waals surface area contributed by atoms with E-state index in [2.05, 4.69) is 0 Å². The smallest absolute Gasteiger partial charge is 0.308 e. The molecule has 3 N–H and O–H groups in total. The number of aliphatic carboxylic acids is 1. The van der Waals surface area contributed by atoms with Gasteiger partial charge in [0, 0.05) is 18.8 Å². The van der Waals surface area contributed by atoms with Gasteiger partial charge in [-0.2, -0.15) is 0 Å². The van der Waals surface area contributed by atoms with Gasteiger partial charge in [-0.3, -0.25) is 9.59 Å². The molecule has 0 saturated carbocycles. The first-order valence-corrected chi connectivity index (χ1v) is 6.32. The minimum atomic E-state index is -0.824. The van der Waals surface area contributed by atoms with E-state index in [0.717, 1.165) is 5.56 Å². The van der Waals surface area contributed by atoms with Gasteiger partial charge in [-0.1, -0.05) is 19.1 Å². The maximum absolute atomic E-state index is 12.1. The minimum Gasteiger partial charge on any atom is -0.481 e. The van der Waals surface area contributed by atoms with E-state index < -0.39 is 11.9 Å². The molecule has 0 spiro atoms. The SMILES string of the molecule is CC1CN(C(=O)Cc2ccc(N)cc2)CC1C(=O)O. The predicted molar refractivity (Wildman–Crippen MR) is 71.4 cm³/mol. The van der Waals surface area contributed by atoms with Crippen LogP contribution in [0.5, 0.6) is 0 Å². The van der Waals surface area contributed by atoms with Crippen LogP contribution in [0.4, 0.5) is 5.69 Å². The summed E-state index contributed by atoms with van der Waals surface area (Å²) in [6, 6.07) is 7.16. The van der Waals surface area contributed by atoms with E-state index in [1.165, 1.54) is 0 Å². The van der Waals surface area contributed by atoms with Crippen LogP contribution in [0, 0.1) is 11.8 Å². The summed E-state index contributed by atoms with van der Waals surface area (Å²) < 4.78 is 0. The second-order valence-electron chi connectivity index (χ2n) is 5.14. The third-order valence-corrected chi connectivity index (χ3v) is 3.62. The Bertz CT molecular complexity index is 484. The number of hydrogen-bond donors (Lipinski definition) is 2. The minimum absolute atomic E-state index is 0.00729. The number of carboxylic acid groups (broad SMARTS) is 1. The van der Waals surface area contributed by atoms with Crippen molar-refractivity contribution < 1.29 is 14.7 Å². The van der Waals surface area contributed by atoms with Gasteiger partial charge >= 0.3 is 5.97 Å². The molecule has 5 nitrogen and oxygen atoms in total. The molecule has 1 heterocycles. The average molecular weight is 262 g/mol. The highest BCUT2D eigenvalue weighted by molar-refractivity contribution is 5.81. The molecule has 0 radical (unpaired) electrons. The summed E-state index contributed by atoms with van der Waals surface area (Å²) in [5.41, 5.74) is 7.15. The van der Waals surface area contributed by atoms with Gasteiger partial charge in [0.15, 0.2) is 0 Å². The monoisotopic (exact) mass is 262 g/mol. The number of carbonyl (C=O) groups is 2. The predicted octanol–water partition coefficient (Wildman–Crippen LogP) is 0.990. The van der Waals surface area contributed by atoms with E-state index in [9.17, 15) is 9.59 Å². The van der Waals surface area contributed by atoms with Crippen molar-refractivity contribution in [1.82, 2.24) is 4.90 Å². The highest BCUT2D eigenvalue weighted by atomic mass is 16.4. The lowest BCUT2D eigenvalue weighted by Crippen LogP contribution is -2.31. The van der Waals surface area contributed by atoms with E-state index in [1.54, 1.807) is 17.0 Å². The Morgan fingerprint density at radius 3 is 2.47 bits per heavy atom. The molecule has 1 aliphatic rings. The normalized spacial score (nSPS) is 22.5. The summed E-state index contributed by atoms with van der Waals surface area (Å²) in [4.78, 5) is 24.8. The van der Waals surface area contributed by atoms with Crippen LogP contribution in [-0.4, -0.2) is 35.0 Å². The number of likely N-dealkylation sites (tertiary alicyclic amines) is 1. The zero-order valence-electron chi connectivity index (χ0n) is 10.9. The molecule has 2 atom stereocenters. The molecule has 1 aromatic carbocycles. The van der Waals surface area contributed by atoms with Crippen LogP contribution in [0.15, 0.2) is 24.3 Å². The molecular weight excluding hydrogens is 244 g/mol. The number of carbonyl (C=O) groups excluding carboxylic acids is 1. The molecule has 1 fully saturated rings. The topological polar surface area (TPSA) is 83.6 Å². The highest BCUT2D eigenvalue weighted by Gasteiger charge is 2.36. The van der Waals surface area contributed by atoms with Crippen molar-refractivity contribution in [3.63, 3.8) is 0 Å². The Labute approximate surface area is 112 Å². The Hall–Kier alpha value is -2.04. The van der Waals surface area contributed by atoms with Gasteiger partial charge in [0.25, 0.3) is 0 Å². The van der Waals surface area contributed by atoms with Crippen LogP contribution in [0.1, 0.15) is 12.5 Å². The van der Waals surface area contributed by atoms with E-state index in [-0.39, 0.29) is 11.8 Å². The maximum Gasteiger partial charge on any atom is 0.308 e. The van der Waals surface area contributed by atoms with Gasteiger partial charge in [-0.05, 0) is 23.6 Å². The molecule has 1 saturated heterocycles. The Morgan fingerprint density at radius 2 is 1.95 bits per heavy atom. The standard InChI is InChI=1S/C14H18N2O3/c1-9-7-16(8-12(9)14(18)19)13(17)6-10-2-4-11(15)5-3-10/h2-5,9,12H,6-8,15H2,1H3,(H,18,19). The van der Waals surface area contributed by atoms with Gasteiger partial charge < -0.3 is 15.7 Å². The largest absolute Gasteiger partial charge is 0.481 e. The number of hydrogen-bond acceptors (Lipinski definition) is 3. The highest BCUT2D eigenvalue weighted by Crippen LogP contribution is 2.23. The first kappa shape index (κ1) is 13.4. The van der Waals surface area contributed by atoms with Crippen molar-refractivity contribution in [3.8, 4) is 0 Å². The van der Waals surface area contributed by atoms with Crippen molar-refractivity contribution in [1.29, 1.82) is 0 Å². The van der Waals surface area contributed by atoms with Crippen molar-refractivity contribution in [2.45, 2.75) is 13.3 Å². The maximum atomic E-state index is 12.1. The molecule has 5 heteroatoms. The third kappa shape index (κ3) is 3.05. The molecule has 1 amide bonds. The van der Waals surface area contributed by atoms with E-state index >= 15 is 0 Å². The number of anilines is 1. The van der Waals surface area contributed by atoms with Crippen molar-refractivity contribution in [2.75, 3.05) is 18.8 Å². The fourth-order valence-electron chi connectivity index (χ4n) is 2.41.